The molecular weight excluding hydrogens is 246 g/mol. The molecule has 118 valence electrons. The van der Waals surface area contributed by atoms with Crippen LogP contribution in [0, 0.1) is 11.8 Å². The molecule has 0 heterocycles. The fourth-order valence-electron chi connectivity index (χ4n) is 3.81. The van der Waals surface area contributed by atoms with Crippen LogP contribution in [0.4, 0.5) is 0 Å². The van der Waals surface area contributed by atoms with Gasteiger partial charge in [0.1, 0.15) is 0 Å². The first-order valence-electron chi connectivity index (χ1n) is 9.07. The van der Waals surface area contributed by atoms with Gasteiger partial charge in [-0.25, -0.2) is 0 Å². The Morgan fingerprint density at radius 2 is 1.85 bits per heavy atom. The van der Waals surface area contributed by atoms with Crippen molar-refractivity contribution in [3.8, 4) is 0 Å². The maximum absolute atomic E-state index is 6.37. The molecule has 2 fully saturated rings. The van der Waals surface area contributed by atoms with Gasteiger partial charge in [-0.15, -0.1) is 0 Å². The Kier molecular flexibility index (Phi) is 6.35. The van der Waals surface area contributed by atoms with E-state index in [4.69, 9.17) is 4.74 Å². The van der Waals surface area contributed by atoms with Gasteiger partial charge in [0.05, 0.1) is 5.60 Å². The first kappa shape index (κ1) is 16.3. The smallest absolute Gasteiger partial charge is 0.0834 e. The van der Waals surface area contributed by atoms with Crippen LogP contribution in [-0.4, -0.2) is 24.8 Å². The van der Waals surface area contributed by atoms with E-state index in [0.717, 1.165) is 25.0 Å². The lowest BCUT2D eigenvalue weighted by atomic mass is 9.74. The first-order chi connectivity index (χ1) is 9.70. The molecule has 20 heavy (non-hydrogen) atoms. The van der Waals surface area contributed by atoms with Gasteiger partial charge in [0.2, 0.25) is 0 Å². The van der Waals surface area contributed by atoms with Crippen molar-refractivity contribution in [2.45, 2.75) is 90.2 Å². The highest BCUT2D eigenvalue weighted by Crippen LogP contribution is 2.41. The van der Waals surface area contributed by atoms with Gasteiger partial charge in [0, 0.05) is 12.6 Å². The van der Waals surface area contributed by atoms with Crippen LogP contribution >= 0.6 is 0 Å². The minimum atomic E-state index is 0.130. The van der Waals surface area contributed by atoms with Crippen LogP contribution in [-0.2, 0) is 4.74 Å². The average molecular weight is 281 g/mol. The number of hydrogen-bond acceptors (Lipinski definition) is 2. The normalized spacial score (nSPS) is 32.2. The van der Waals surface area contributed by atoms with Crippen LogP contribution in [0.3, 0.4) is 0 Å². The molecule has 0 aromatic rings. The zero-order chi connectivity index (χ0) is 14.4. The monoisotopic (exact) mass is 281 g/mol. The number of ether oxygens (including phenoxy) is 1. The zero-order valence-electron chi connectivity index (χ0n) is 13.9. The predicted octanol–water partition coefficient (Wildman–Crippen LogP) is 4.53. The summed E-state index contributed by atoms with van der Waals surface area (Å²) in [5.41, 5.74) is 0.130. The lowest BCUT2D eigenvalue weighted by Crippen LogP contribution is -2.54. The maximum atomic E-state index is 6.37. The van der Waals surface area contributed by atoms with E-state index < -0.39 is 0 Å². The summed E-state index contributed by atoms with van der Waals surface area (Å²) in [6.07, 6.45) is 12.1. The van der Waals surface area contributed by atoms with Crippen LogP contribution in [0.1, 0.15) is 78.6 Å². The summed E-state index contributed by atoms with van der Waals surface area (Å²) < 4.78 is 6.37. The fraction of sp³-hybridized carbons (Fsp3) is 1.00. The second-order valence-corrected chi connectivity index (χ2v) is 7.21. The number of hydrogen-bond donors (Lipinski definition) is 1. The van der Waals surface area contributed by atoms with E-state index in [-0.39, 0.29) is 5.60 Å². The van der Waals surface area contributed by atoms with Crippen LogP contribution < -0.4 is 5.32 Å². The topological polar surface area (TPSA) is 21.3 Å². The van der Waals surface area contributed by atoms with Gasteiger partial charge in [0.25, 0.3) is 0 Å². The molecule has 0 radical (unpaired) electrons. The summed E-state index contributed by atoms with van der Waals surface area (Å²) in [6, 6.07) is 0.579. The molecule has 2 nitrogen and oxygen atoms in total. The summed E-state index contributed by atoms with van der Waals surface area (Å²) in [4.78, 5) is 0. The molecule has 0 aromatic carbocycles. The molecule has 2 heteroatoms. The standard InChI is InChI=1S/C18H35NO/c1-4-14-19-17(9-8-16-6-7-16)18(20-5-2)12-10-15(3)11-13-18/h15-17,19H,4-14H2,1-3H3. The van der Waals surface area contributed by atoms with Crippen LogP contribution in [0.25, 0.3) is 0 Å². The van der Waals surface area contributed by atoms with E-state index in [1.807, 2.05) is 0 Å². The Labute approximate surface area is 126 Å². The van der Waals surface area contributed by atoms with Crippen LogP contribution in [0.15, 0.2) is 0 Å². The van der Waals surface area contributed by atoms with Gasteiger partial charge in [-0.1, -0.05) is 26.7 Å². The highest BCUT2D eigenvalue weighted by molar-refractivity contribution is 4.97. The van der Waals surface area contributed by atoms with Crippen LogP contribution in [0.2, 0.25) is 0 Å². The van der Waals surface area contributed by atoms with Crippen molar-refractivity contribution in [1.82, 2.24) is 5.32 Å². The van der Waals surface area contributed by atoms with Crippen molar-refractivity contribution in [1.29, 1.82) is 0 Å². The quantitative estimate of drug-likeness (QED) is 0.670. The van der Waals surface area contributed by atoms with Crippen molar-refractivity contribution in [3.63, 3.8) is 0 Å². The summed E-state index contributed by atoms with van der Waals surface area (Å²) in [6.45, 7) is 8.83. The summed E-state index contributed by atoms with van der Waals surface area (Å²) >= 11 is 0. The minimum absolute atomic E-state index is 0.130. The first-order valence-corrected chi connectivity index (χ1v) is 9.07. The molecule has 2 aliphatic carbocycles. The molecule has 0 amide bonds. The van der Waals surface area contributed by atoms with Crippen molar-refractivity contribution in [3.05, 3.63) is 0 Å². The van der Waals surface area contributed by atoms with Crippen LogP contribution in [0.5, 0.6) is 0 Å². The second kappa shape index (κ2) is 7.79. The van der Waals surface area contributed by atoms with E-state index in [9.17, 15) is 0 Å². The molecule has 0 aliphatic heterocycles. The lowest BCUT2D eigenvalue weighted by Gasteiger charge is -2.45. The van der Waals surface area contributed by atoms with E-state index in [1.54, 1.807) is 0 Å². The molecule has 0 aromatic heterocycles. The molecule has 2 aliphatic rings. The second-order valence-electron chi connectivity index (χ2n) is 7.21. The number of rotatable bonds is 9. The van der Waals surface area contributed by atoms with Gasteiger partial charge >= 0.3 is 0 Å². The highest BCUT2D eigenvalue weighted by Gasteiger charge is 2.42. The largest absolute Gasteiger partial charge is 0.374 e. The molecule has 1 N–H and O–H groups in total. The Morgan fingerprint density at radius 1 is 1.15 bits per heavy atom. The third-order valence-electron chi connectivity index (χ3n) is 5.39. The Morgan fingerprint density at radius 3 is 2.40 bits per heavy atom. The molecule has 0 spiro atoms. The van der Waals surface area contributed by atoms with Crippen molar-refractivity contribution < 1.29 is 4.74 Å². The maximum Gasteiger partial charge on any atom is 0.0834 e. The van der Waals surface area contributed by atoms with E-state index >= 15 is 0 Å². The Hall–Kier alpha value is -0.0800. The van der Waals surface area contributed by atoms with Gasteiger partial charge in [0.15, 0.2) is 0 Å². The minimum Gasteiger partial charge on any atom is -0.374 e. The van der Waals surface area contributed by atoms with E-state index in [1.165, 1.54) is 57.8 Å². The number of nitrogens with one attached hydrogen (secondary N) is 1. The summed E-state index contributed by atoms with van der Waals surface area (Å²) in [5, 5.41) is 3.84. The molecule has 0 saturated heterocycles. The molecule has 2 rings (SSSR count). The van der Waals surface area contributed by atoms with Crippen molar-refractivity contribution >= 4 is 0 Å². The molecule has 0 bridgehead atoms. The van der Waals surface area contributed by atoms with Gasteiger partial charge in [-0.2, -0.15) is 0 Å². The van der Waals surface area contributed by atoms with E-state index in [2.05, 4.69) is 26.1 Å². The average Bonchev–Trinajstić information content (AvgIpc) is 3.26. The lowest BCUT2D eigenvalue weighted by molar-refractivity contribution is -0.0981. The predicted molar refractivity (Wildman–Crippen MR) is 86.0 cm³/mol. The summed E-state index contributed by atoms with van der Waals surface area (Å²) in [5.74, 6) is 1.92. The van der Waals surface area contributed by atoms with Gasteiger partial charge < -0.3 is 10.1 Å². The molecular formula is C18H35NO. The summed E-state index contributed by atoms with van der Waals surface area (Å²) in [7, 11) is 0. The van der Waals surface area contributed by atoms with Gasteiger partial charge in [-0.05, 0) is 70.3 Å². The third-order valence-corrected chi connectivity index (χ3v) is 5.39. The fourth-order valence-corrected chi connectivity index (χ4v) is 3.81. The van der Waals surface area contributed by atoms with Gasteiger partial charge in [-0.3, -0.25) is 0 Å². The highest BCUT2D eigenvalue weighted by atomic mass is 16.5. The third kappa shape index (κ3) is 4.46. The van der Waals surface area contributed by atoms with Crippen molar-refractivity contribution in [2.75, 3.05) is 13.2 Å². The van der Waals surface area contributed by atoms with E-state index in [0.29, 0.717) is 6.04 Å². The molecule has 1 atom stereocenters. The molecule has 2 saturated carbocycles. The molecule has 1 unspecified atom stereocenters. The Bertz CT molecular complexity index is 267. The zero-order valence-corrected chi connectivity index (χ0v) is 13.9. The van der Waals surface area contributed by atoms with Crippen molar-refractivity contribution in [2.24, 2.45) is 11.8 Å². The Balaban J connectivity index is 1.98. The SMILES string of the molecule is CCCNC(CCC1CC1)C1(OCC)CCC(C)CC1.